The van der Waals surface area contributed by atoms with Crippen molar-refractivity contribution in [2.24, 2.45) is 0 Å². The molecule has 0 radical (unpaired) electrons. The molecule has 0 saturated heterocycles. The maximum absolute atomic E-state index is 2.39. The SMILES string of the molecule is CC1(C)c2ccccc2-c2c(-c3ccc(N(c4ccc(-c5cccc(-c6ccccc6)c5)cc4)c4cccc5ccccc45)cc3)cccc21. The van der Waals surface area contributed by atoms with Gasteiger partial charge in [0.2, 0.25) is 0 Å². The van der Waals surface area contributed by atoms with Gasteiger partial charge in [-0.3, -0.25) is 0 Å². The van der Waals surface area contributed by atoms with Gasteiger partial charge >= 0.3 is 0 Å². The van der Waals surface area contributed by atoms with Gasteiger partial charge in [0.15, 0.2) is 0 Å². The minimum atomic E-state index is -0.0257. The molecule has 8 aromatic rings. The molecule has 0 atom stereocenters. The van der Waals surface area contributed by atoms with Crippen LogP contribution in [0.5, 0.6) is 0 Å². The second-order valence-corrected chi connectivity index (χ2v) is 13.8. The highest BCUT2D eigenvalue weighted by molar-refractivity contribution is 5.99. The quantitative estimate of drug-likeness (QED) is 0.175. The Morgan fingerprint density at radius 2 is 0.900 bits per heavy atom. The van der Waals surface area contributed by atoms with Crippen molar-refractivity contribution in [1.29, 1.82) is 0 Å². The predicted molar refractivity (Wildman–Crippen MR) is 213 cm³/mol. The van der Waals surface area contributed by atoms with Crippen LogP contribution in [-0.4, -0.2) is 0 Å². The first-order valence-corrected chi connectivity index (χ1v) is 17.4. The Bertz CT molecular complexity index is 2480. The monoisotopic (exact) mass is 639 g/mol. The Kier molecular flexibility index (Phi) is 7.21. The van der Waals surface area contributed by atoms with Crippen molar-refractivity contribution in [3.63, 3.8) is 0 Å². The van der Waals surface area contributed by atoms with Gasteiger partial charge in [-0.1, -0.05) is 166 Å². The first kappa shape index (κ1) is 29.9. The average Bonchev–Trinajstić information content (AvgIpc) is 3.42. The van der Waals surface area contributed by atoms with E-state index in [1.807, 2.05) is 0 Å². The zero-order valence-electron chi connectivity index (χ0n) is 28.3. The van der Waals surface area contributed by atoms with E-state index in [1.165, 1.54) is 66.4 Å². The summed E-state index contributed by atoms with van der Waals surface area (Å²) in [6.45, 7) is 4.69. The highest BCUT2D eigenvalue weighted by Gasteiger charge is 2.36. The molecule has 0 amide bonds. The van der Waals surface area contributed by atoms with E-state index in [1.54, 1.807) is 0 Å². The standard InChI is InChI=1S/C49H37N/c1-49(2)45-22-9-8-20-44(45)48-43(21-12-23-46(48)49)37-27-31-41(32-28-37)50(47-24-11-16-36-15-6-7-19-42(36)47)40-29-25-35(26-30-40)39-18-10-17-38(33-39)34-13-4-3-5-14-34/h3-33H,1-2H3. The van der Waals surface area contributed by atoms with Crippen LogP contribution in [0.4, 0.5) is 17.1 Å². The Balaban J connectivity index is 1.13. The van der Waals surface area contributed by atoms with Crippen molar-refractivity contribution in [3.8, 4) is 44.5 Å². The van der Waals surface area contributed by atoms with E-state index in [2.05, 4.69) is 207 Å². The summed E-state index contributed by atoms with van der Waals surface area (Å²) in [5, 5.41) is 2.44. The average molecular weight is 640 g/mol. The Hall–Kier alpha value is -6.18. The van der Waals surface area contributed by atoms with Crippen LogP contribution in [-0.2, 0) is 5.41 Å². The van der Waals surface area contributed by atoms with E-state index < -0.39 is 0 Å². The van der Waals surface area contributed by atoms with Gasteiger partial charge in [0.25, 0.3) is 0 Å². The maximum Gasteiger partial charge on any atom is 0.0540 e. The summed E-state index contributed by atoms with van der Waals surface area (Å²) in [7, 11) is 0. The number of hydrogen-bond acceptors (Lipinski definition) is 1. The molecule has 50 heavy (non-hydrogen) atoms. The molecule has 1 aliphatic carbocycles. The summed E-state index contributed by atoms with van der Waals surface area (Å²) in [6.07, 6.45) is 0. The summed E-state index contributed by atoms with van der Waals surface area (Å²) in [4.78, 5) is 2.39. The van der Waals surface area contributed by atoms with E-state index in [0.717, 1.165) is 17.1 Å². The first-order valence-electron chi connectivity index (χ1n) is 17.4. The van der Waals surface area contributed by atoms with Gasteiger partial charge in [-0.15, -0.1) is 0 Å². The second-order valence-electron chi connectivity index (χ2n) is 13.8. The molecule has 0 unspecified atom stereocenters. The maximum atomic E-state index is 2.39. The molecule has 0 N–H and O–H groups in total. The van der Waals surface area contributed by atoms with E-state index in [9.17, 15) is 0 Å². The molecule has 0 heterocycles. The molecule has 8 aromatic carbocycles. The second kappa shape index (κ2) is 12.1. The number of hydrogen-bond donors (Lipinski definition) is 0. The number of rotatable bonds is 6. The van der Waals surface area contributed by atoms with Crippen molar-refractivity contribution in [1.82, 2.24) is 0 Å². The molecule has 238 valence electrons. The molecule has 0 bridgehead atoms. The lowest BCUT2D eigenvalue weighted by atomic mass is 9.82. The number of fused-ring (bicyclic) bond motifs is 4. The van der Waals surface area contributed by atoms with Crippen molar-refractivity contribution >= 4 is 27.8 Å². The molecule has 0 saturated carbocycles. The molecule has 0 spiro atoms. The van der Waals surface area contributed by atoms with Gasteiger partial charge in [0, 0.05) is 22.2 Å². The largest absolute Gasteiger partial charge is 0.310 e. The molecular weight excluding hydrogens is 603 g/mol. The van der Waals surface area contributed by atoms with Gasteiger partial charge < -0.3 is 4.90 Å². The number of benzene rings is 8. The van der Waals surface area contributed by atoms with Crippen molar-refractivity contribution in [3.05, 3.63) is 199 Å². The number of nitrogens with zero attached hydrogens (tertiary/aromatic N) is 1. The summed E-state index contributed by atoms with van der Waals surface area (Å²) < 4.78 is 0. The van der Waals surface area contributed by atoms with Gasteiger partial charge in [-0.05, 0) is 97.4 Å². The van der Waals surface area contributed by atoms with Crippen molar-refractivity contribution < 1.29 is 0 Å². The lowest BCUT2D eigenvalue weighted by Crippen LogP contribution is -2.14. The third-order valence-electron chi connectivity index (χ3n) is 10.5. The number of anilines is 3. The summed E-state index contributed by atoms with van der Waals surface area (Å²) >= 11 is 0. The molecule has 1 nitrogen and oxygen atoms in total. The van der Waals surface area contributed by atoms with Gasteiger partial charge in [-0.25, -0.2) is 0 Å². The fourth-order valence-corrected chi connectivity index (χ4v) is 7.93. The molecule has 0 aromatic heterocycles. The smallest absolute Gasteiger partial charge is 0.0540 e. The lowest BCUT2D eigenvalue weighted by Gasteiger charge is -2.27. The Morgan fingerprint density at radius 3 is 1.66 bits per heavy atom. The van der Waals surface area contributed by atoms with Crippen LogP contribution in [0.25, 0.3) is 55.3 Å². The van der Waals surface area contributed by atoms with E-state index in [4.69, 9.17) is 0 Å². The van der Waals surface area contributed by atoms with Crippen molar-refractivity contribution in [2.45, 2.75) is 19.3 Å². The molecular formula is C49H37N. The van der Waals surface area contributed by atoms with Crippen LogP contribution in [0.1, 0.15) is 25.0 Å². The molecule has 0 fully saturated rings. The van der Waals surface area contributed by atoms with Gasteiger partial charge in [-0.2, -0.15) is 0 Å². The minimum absolute atomic E-state index is 0.0257. The van der Waals surface area contributed by atoms with Crippen LogP contribution in [0.2, 0.25) is 0 Å². The predicted octanol–water partition coefficient (Wildman–Crippen LogP) is 13.6. The normalized spacial score (nSPS) is 12.8. The zero-order chi connectivity index (χ0) is 33.7. The fourth-order valence-electron chi connectivity index (χ4n) is 7.93. The van der Waals surface area contributed by atoms with E-state index in [0.29, 0.717) is 0 Å². The van der Waals surface area contributed by atoms with E-state index >= 15 is 0 Å². The minimum Gasteiger partial charge on any atom is -0.310 e. The molecule has 0 aliphatic heterocycles. The Morgan fingerprint density at radius 1 is 0.380 bits per heavy atom. The molecule has 1 heteroatoms. The van der Waals surface area contributed by atoms with Gasteiger partial charge in [0.1, 0.15) is 0 Å². The summed E-state index contributed by atoms with van der Waals surface area (Å²) in [5.41, 5.74) is 16.2. The topological polar surface area (TPSA) is 3.24 Å². The Labute approximate surface area is 294 Å². The van der Waals surface area contributed by atoms with Crippen molar-refractivity contribution in [2.75, 3.05) is 4.90 Å². The third-order valence-corrected chi connectivity index (χ3v) is 10.5. The molecule has 1 aliphatic rings. The van der Waals surface area contributed by atoms with Crippen LogP contribution >= 0.6 is 0 Å². The van der Waals surface area contributed by atoms with E-state index in [-0.39, 0.29) is 5.41 Å². The molecule has 9 rings (SSSR count). The first-order chi connectivity index (χ1) is 24.6. The summed E-state index contributed by atoms with van der Waals surface area (Å²) in [6, 6.07) is 68.5. The third kappa shape index (κ3) is 5.02. The highest BCUT2D eigenvalue weighted by atomic mass is 15.1. The lowest BCUT2D eigenvalue weighted by molar-refractivity contribution is 0.660. The van der Waals surface area contributed by atoms with Gasteiger partial charge in [0.05, 0.1) is 5.69 Å². The fraction of sp³-hybridized carbons (Fsp3) is 0.0612. The summed E-state index contributed by atoms with van der Waals surface area (Å²) in [5.74, 6) is 0. The zero-order valence-corrected chi connectivity index (χ0v) is 28.3. The van der Waals surface area contributed by atoms with Crippen LogP contribution in [0.15, 0.2) is 188 Å². The van der Waals surface area contributed by atoms with Crippen LogP contribution in [0, 0.1) is 0 Å². The van der Waals surface area contributed by atoms with Crippen LogP contribution < -0.4 is 4.90 Å². The van der Waals surface area contributed by atoms with Crippen LogP contribution in [0.3, 0.4) is 0 Å². The highest BCUT2D eigenvalue weighted by Crippen LogP contribution is 2.52.